The Morgan fingerprint density at radius 2 is 2.06 bits per heavy atom. The fraction of sp³-hybridized carbons (Fsp3) is 0.462. The van der Waals surface area contributed by atoms with Crippen LogP contribution in [0, 0.1) is 0 Å². The lowest BCUT2D eigenvalue weighted by Crippen LogP contribution is -2.47. The Bertz CT molecular complexity index is 428. The van der Waals surface area contributed by atoms with E-state index in [2.05, 4.69) is 10.5 Å². The monoisotopic (exact) mass is 251 g/mol. The van der Waals surface area contributed by atoms with Gasteiger partial charge in [0.2, 0.25) is 0 Å². The van der Waals surface area contributed by atoms with E-state index in [4.69, 9.17) is 10.9 Å². The first-order valence-corrected chi connectivity index (χ1v) is 5.87. The number of nitrogens with two attached hydrogens (primary N) is 1. The lowest BCUT2D eigenvalue weighted by molar-refractivity contribution is 0.0956. The number of rotatable bonds is 5. The second kappa shape index (κ2) is 5.84. The van der Waals surface area contributed by atoms with Crippen LogP contribution in [0.2, 0.25) is 0 Å². The molecule has 5 N–H and O–H groups in total. The molecule has 0 heterocycles. The van der Waals surface area contributed by atoms with E-state index in [-0.39, 0.29) is 5.84 Å². The van der Waals surface area contributed by atoms with Gasteiger partial charge in [0, 0.05) is 17.6 Å². The Morgan fingerprint density at radius 3 is 2.61 bits per heavy atom. The molecule has 0 spiro atoms. The van der Waals surface area contributed by atoms with E-state index in [1.54, 1.807) is 13.0 Å². The third kappa shape index (κ3) is 3.45. The highest BCUT2D eigenvalue weighted by atomic mass is 16.4. The highest BCUT2D eigenvalue weighted by Gasteiger charge is 2.23. The molecule has 0 aliphatic carbocycles. The van der Waals surface area contributed by atoms with Crippen LogP contribution in [0.25, 0.3) is 0 Å². The van der Waals surface area contributed by atoms with Crippen molar-refractivity contribution in [3.05, 3.63) is 35.4 Å². The van der Waals surface area contributed by atoms with E-state index in [9.17, 15) is 5.11 Å². The molecule has 0 aliphatic rings. The quantitative estimate of drug-likeness (QED) is 0.272. The van der Waals surface area contributed by atoms with Crippen LogP contribution in [0.1, 0.15) is 31.9 Å². The second-order valence-corrected chi connectivity index (χ2v) is 4.89. The molecular formula is C13H21N3O2. The van der Waals surface area contributed by atoms with Gasteiger partial charge in [-0.3, -0.25) is 0 Å². The molecule has 1 atom stereocenters. The fourth-order valence-corrected chi connectivity index (χ4v) is 1.45. The molecule has 0 radical (unpaired) electrons. The van der Waals surface area contributed by atoms with Crippen LogP contribution in [0.15, 0.2) is 29.4 Å². The molecule has 0 fully saturated rings. The van der Waals surface area contributed by atoms with Crippen molar-refractivity contribution < 1.29 is 10.3 Å². The van der Waals surface area contributed by atoms with E-state index in [1.807, 2.05) is 32.0 Å². The Morgan fingerprint density at radius 1 is 1.44 bits per heavy atom. The smallest absolute Gasteiger partial charge is 0.170 e. The van der Waals surface area contributed by atoms with Gasteiger partial charge in [0.25, 0.3) is 0 Å². The van der Waals surface area contributed by atoms with E-state index in [0.717, 1.165) is 5.56 Å². The minimum Gasteiger partial charge on any atom is -0.409 e. The summed E-state index contributed by atoms with van der Waals surface area (Å²) in [5.74, 6) is 0.0854. The lowest BCUT2D eigenvalue weighted by Gasteiger charge is -2.30. The molecule has 5 nitrogen and oxygen atoms in total. The zero-order chi connectivity index (χ0) is 13.8. The molecule has 1 aromatic carbocycles. The van der Waals surface area contributed by atoms with Crippen molar-refractivity contribution in [1.29, 1.82) is 0 Å². The fourth-order valence-electron chi connectivity index (χ4n) is 1.45. The van der Waals surface area contributed by atoms with Gasteiger partial charge in [-0.05, 0) is 26.3 Å². The third-order valence-electron chi connectivity index (χ3n) is 3.18. The maximum Gasteiger partial charge on any atom is 0.170 e. The largest absolute Gasteiger partial charge is 0.409 e. The van der Waals surface area contributed by atoms with Crippen LogP contribution in [-0.4, -0.2) is 27.8 Å². The summed E-state index contributed by atoms with van der Waals surface area (Å²) >= 11 is 0. The molecule has 1 unspecified atom stereocenters. The molecule has 1 rings (SSSR count). The zero-order valence-corrected chi connectivity index (χ0v) is 11.0. The standard InChI is InChI=1S/C13H21N3O2/c1-9(17)13(2,3)15-8-10-6-4-5-7-11(10)12(14)16-18/h4-7,9,15,17-18H,8H2,1-3H3,(H2,14,16). The van der Waals surface area contributed by atoms with E-state index < -0.39 is 11.6 Å². The van der Waals surface area contributed by atoms with Crippen molar-refractivity contribution in [2.45, 2.75) is 39.0 Å². The molecule has 0 aliphatic heterocycles. The molecule has 0 saturated carbocycles. The van der Waals surface area contributed by atoms with Crippen LogP contribution in [0.4, 0.5) is 0 Å². The second-order valence-electron chi connectivity index (χ2n) is 4.89. The van der Waals surface area contributed by atoms with Crippen LogP contribution < -0.4 is 11.1 Å². The number of oxime groups is 1. The van der Waals surface area contributed by atoms with Gasteiger partial charge in [0.05, 0.1) is 6.10 Å². The number of amidine groups is 1. The molecule has 0 saturated heterocycles. The van der Waals surface area contributed by atoms with E-state index >= 15 is 0 Å². The maximum atomic E-state index is 9.63. The first kappa shape index (κ1) is 14.5. The lowest BCUT2D eigenvalue weighted by atomic mass is 9.97. The van der Waals surface area contributed by atoms with Gasteiger partial charge in [0.15, 0.2) is 5.84 Å². The number of nitrogens with zero attached hydrogens (tertiary/aromatic N) is 1. The topological polar surface area (TPSA) is 90.9 Å². The predicted octanol–water partition coefficient (Wildman–Crippen LogP) is 1.03. The third-order valence-corrected chi connectivity index (χ3v) is 3.18. The van der Waals surface area contributed by atoms with Crippen molar-refractivity contribution in [2.24, 2.45) is 10.9 Å². The normalized spacial score (nSPS) is 14.6. The van der Waals surface area contributed by atoms with Gasteiger partial charge < -0.3 is 21.4 Å². The highest BCUT2D eigenvalue weighted by Crippen LogP contribution is 2.13. The summed E-state index contributed by atoms with van der Waals surface area (Å²) < 4.78 is 0. The molecular weight excluding hydrogens is 230 g/mol. The SMILES string of the molecule is CC(O)C(C)(C)NCc1ccccc1/C(N)=N/O. The Kier molecular flexibility index (Phi) is 4.69. The van der Waals surface area contributed by atoms with Gasteiger partial charge in [-0.2, -0.15) is 0 Å². The molecule has 0 aromatic heterocycles. The van der Waals surface area contributed by atoms with Gasteiger partial charge in [-0.15, -0.1) is 0 Å². The molecule has 100 valence electrons. The van der Waals surface area contributed by atoms with Crippen molar-refractivity contribution in [3.63, 3.8) is 0 Å². The van der Waals surface area contributed by atoms with Crippen molar-refractivity contribution in [2.75, 3.05) is 0 Å². The Labute approximate surface area is 107 Å². The van der Waals surface area contributed by atoms with E-state index in [0.29, 0.717) is 12.1 Å². The molecule has 5 heteroatoms. The number of aliphatic hydroxyl groups is 1. The average molecular weight is 251 g/mol. The number of hydrogen-bond donors (Lipinski definition) is 4. The van der Waals surface area contributed by atoms with Crippen LogP contribution in [0.3, 0.4) is 0 Å². The van der Waals surface area contributed by atoms with Crippen LogP contribution in [-0.2, 0) is 6.54 Å². The summed E-state index contributed by atoms with van der Waals surface area (Å²) in [4.78, 5) is 0. The molecule has 18 heavy (non-hydrogen) atoms. The zero-order valence-electron chi connectivity index (χ0n) is 11.0. The van der Waals surface area contributed by atoms with Crippen molar-refractivity contribution in [3.8, 4) is 0 Å². The summed E-state index contributed by atoms with van der Waals surface area (Å²) in [7, 11) is 0. The maximum absolute atomic E-state index is 9.63. The summed E-state index contributed by atoms with van der Waals surface area (Å²) in [6.45, 7) is 6.11. The first-order valence-electron chi connectivity index (χ1n) is 5.87. The van der Waals surface area contributed by atoms with Crippen LogP contribution >= 0.6 is 0 Å². The summed E-state index contributed by atoms with van der Waals surface area (Å²) in [6, 6.07) is 7.41. The summed E-state index contributed by atoms with van der Waals surface area (Å²) in [6.07, 6.45) is -0.478. The van der Waals surface area contributed by atoms with Gasteiger partial charge in [-0.1, -0.05) is 29.4 Å². The van der Waals surface area contributed by atoms with Gasteiger partial charge in [0.1, 0.15) is 0 Å². The molecule has 0 bridgehead atoms. The number of benzene rings is 1. The number of nitrogens with one attached hydrogen (secondary N) is 1. The van der Waals surface area contributed by atoms with Gasteiger partial charge >= 0.3 is 0 Å². The highest BCUT2D eigenvalue weighted by molar-refractivity contribution is 5.98. The summed E-state index contributed by atoms with van der Waals surface area (Å²) in [5, 5.41) is 24.6. The minimum absolute atomic E-state index is 0.0854. The van der Waals surface area contributed by atoms with Crippen molar-refractivity contribution >= 4 is 5.84 Å². The summed E-state index contributed by atoms with van der Waals surface area (Å²) in [5.41, 5.74) is 6.82. The number of aliphatic hydroxyl groups excluding tert-OH is 1. The molecule has 1 aromatic rings. The average Bonchev–Trinajstić information content (AvgIpc) is 2.35. The Hall–Kier alpha value is -1.59. The molecule has 0 amide bonds. The first-order chi connectivity index (χ1) is 8.38. The number of hydrogen-bond acceptors (Lipinski definition) is 4. The van der Waals surface area contributed by atoms with E-state index in [1.165, 1.54) is 0 Å². The Balaban J connectivity index is 2.86. The van der Waals surface area contributed by atoms with Gasteiger partial charge in [-0.25, -0.2) is 0 Å². The minimum atomic E-state index is -0.478. The predicted molar refractivity (Wildman–Crippen MR) is 71.6 cm³/mol. The van der Waals surface area contributed by atoms with Crippen LogP contribution in [0.5, 0.6) is 0 Å². The van der Waals surface area contributed by atoms with Crippen molar-refractivity contribution in [1.82, 2.24) is 5.32 Å².